The predicted molar refractivity (Wildman–Crippen MR) is 119 cm³/mol. The van der Waals surface area contributed by atoms with E-state index < -0.39 is 0 Å². The molecule has 29 heavy (non-hydrogen) atoms. The zero-order valence-corrected chi connectivity index (χ0v) is 17.4. The lowest BCUT2D eigenvalue weighted by atomic mass is 10.2. The Balaban J connectivity index is 1.71. The quantitative estimate of drug-likeness (QED) is 0.308. The summed E-state index contributed by atoms with van der Waals surface area (Å²) >= 11 is 0. The average molecular weight is 397 g/mol. The van der Waals surface area contributed by atoms with Gasteiger partial charge >= 0.3 is 0 Å². The van der Waals surface area contributed by atoms with Crippen LogP contribution in [0.4, 0.5) is 5.69 Å². The number of anilines is 1. The van der Waals surface area contributed by atoms with Crippen LogP contribution in [0.3, 0.4) is 0 Å². The molecule has 1 amide bonds. The zero-order chi connectivity index (χ0) is 20.7. The summed E-state index contributed by atoms with van der Waals surface area (Å²) < 4.78 is 0. The molecule has 0 radical (unpaired) electrons. The van der Waals surface area contributed by atoms with E-state index in [0.717, 1.165) is 38.6 Å². The second-order valence-corrected chi connectivity index (χ2v) is 6.45. The first-order valence-corrected chi connectivity index (χ1v) is 10.2. The molecule has 7 heteroatoms. The van der Waals surface area contributed by atoms with E-state index in [-0.39, 0.29) is 5.91 Å². The molecule has 0 aliphatic heterocycles. The number of hydrogen-bond donors (Lipinski definition) is 3. The molecule has 1 heterocycles. The number of amides is 1. The number of guanidine groups is 1. The third-order valence-corrected chi connectivity index (χ3v) is 4.33. The van der Waals surface area contributed by atoms with E-state index in [4.69, 9.17) is 0 Å². The Labute approximate surface area is 173 Å². The molecule has 0 spiro atoms. The topological polar surface area (TPSA) is 81.7 Å². The lowest BCUT2D eigenvalue weighted by Gasteiger charge is -2.22. The maximum atomic E-state index is 12.0. The van der Waals surface area contributed by atoms with Crippen LogP contribution in [-0.2, 0) is 0 Å². The number of carbonyl (C=O) groups excluding carboxylic acids is 1. The first-order valence-electron chi connectivity index (χ1n) is 10.2. The molecule has 1 aromatic heterocycles. The van der Waals surface area contributed by atoms with Gasteiger partial charge in [-0.2, -0.15) is 0 Å². The van der Waals surface area contributed by atoms with Gasteiger partial charge in [-0.25, -0.2) is 0 Å². The summed E-state index contributed by atoms with van der Waals surface area (Å²) in [6.45, 7) is 8.78. The van der Waals surface area contributed by atoms with Crippen LogP contribution in [0.25, 0.3) is 0 Å². The Morgan fingerprint density at radius 1 is 1.03 bits per heavy atom. The SMILES string of the molecule is CCNC(=NCCCN(CC)c1ccccc1)NCCNC(=O)c1cccnc1. The van der Waals surface area contributed by atoms with E-state index in [9.17, 15) is 4.79 Å². The normalized spacial score (nSPS) is 11.0. The molecular formula is C22H32N6O. The largest absolute Gasteiger partial charge is 0.372 e. The van der Waals surface area contributed by atoms with Gasteiger partial charge in [-0.05, 0) is 44.5 Å². The van der Waals surface area contributed by atoms with Crippen molar-refractivity contribution in [2.75, 3.05) is 44.2 Å². The molecule has 0 aliphatic rings. The fourth-order valence-corrected chi connectivity index (χ4v) is 2.86. The fraction of sp³-hybridized carbons (Fsp3) is 0.409. The fourth-order valence-electron chi connectivity index (χ4n) is 2.86. The minimum Gasteiger partial charge on any atom is -0.372 e. The molecule has 2 rings (SSSR count). The molecule has 7 nitrogen and oxygen atoms in total. The van der Waals surface area contributed by atoms with E-state index in [1.165, 1.54) is 5.69 Å². The van der Waals surface area contributed by atoms with Gasteiger partial charge in [-0.1, -0.05) is 18.2 Å². The molecule has 0 fully saturated rings. The first kappa shape index (κ1) is 22.2. The number of aliphatic imine (C=N–C) groups is 1. The number of carbonyl (C=O) groups is 1. The highest BCUT2D eigenvalue weighted by Crippen LogP contribution is 2.12. The molecule has 0 atom stereocenters. The lowest BCUT2D eigenvalue weighted by Crippen LogP contribution is -2.41. The number of pyridine rings is 1. The van der Waals surface area contributed by atoms with Gasteiger partial charge in [0, 0.05) is 57.3 Å². The van der Waals surface area contributed by atoms with Gasteiger partial charge in [0.05, 0.1) is 5.56 Å². The van der Waals surface area contributed by atoms with Gasteiger partial charge < -0.3 is 20.9 Å². The van der Waals surface area contributed by atoms with Crippen molar-refractivity contribution in [2.45, 2.75) is 20.3 Å². The second-order valence-electron chi connectivity index (χ2n) is 6.45. The van der Waals surface area contributed by atoms with Crippen LogP contribution in [0.15, 0.2) is 59.9 Å². The van der Waals surface area contributed by atoms with Gasteiger partial charge in [0.1, 0.15) is 0 Å². The molecule has 1 aromatic carbocycles. The molecule has 0 aliphatic carbocycles. The minimum absolute atomic E-state index is 0.123. The number of aromatic nitrogens is 1. The van der Waals surface area contributed by atoms with Gasteiger partial charge in [-0.15, -0.1) is 0 Å². The summed E-state index contributed by atoms with van der Waals surface area (Å²) in [4.78, 5) is 22.9. The summed E-state index contributed by atoms with van der Waals surface area (Å²) in [6.07, 6.45) is 4.18. The molecule has 0 saturated heterocycles. The van der Waals surface area contributed by atoms with Crippen molar-refractivity contribution < 1.29 is 4.79 Å². The summed E-state index contributed by atoms with van der Waals surface area (Å²) in [5.41, 5.74) is 1.81. The molecule has 0 unspecified atom stereocenters. The summed E-state index contributed by atoms with van der Waals surface area (Å²) in [7, 11) is 0. The first-order chi connectivity index (χ1) is 14.2. The molecule has 2 aromatic rings. The summed E-state index contributed by atoms with van der Waals surface area (Å²) in [6, 6.07) is 13.9. The van der Waals surface area contributed by atoms with Crippen LogP contribution >= 0.6 is 0 Å². The van der Waals surface area contributed by atoms with E-state index in [1.807, 2.05) is 13.0 Å². The van der Waals surface area contributed by atoms with E-state index in [0.29, 0.717) is 18.7 Å². The molecular weight excluding hydrogens is 364 g/mol. The Morgan fingerprint density at radius 3 is 2.52 bits per heavy atom. The van der Waals surface area contributed by atoms with Crippen molar-refractivity contribution in [1.29, 1.82) is 0 Å². The monoisotopic (exact) mass is 396 g/mol. The predicted octanol–water partition coefficient (Wildman–Crippen LogP) is 2.28. The van der Waals surface area contributed by atoms with Gasteiger partial charge in [0.25, 0.3) is 5.91 Å². The van der Waals surface area contributed by atoms with Crippen molar-refractivity contribution in [3.63, 3.8) is 0 Å². The van der Waals surface area contributed by atoms with Crippen molar-refractivity contribution in [3.05, 3.63) is 60.4 Å². The van der Waals surface area contributed by atoms with Gasteiger partial charge in [-0.3, -0.25) is 14.8 Å². The van der Waals surface area contributed by atoms with E-state index in [2.05, 4.69) is 62.0 Å². The summed E-state index contributed by atoms with van der Waals surface area (Å²) in [5.74, 6) is 0.647. The Bertz CT molecular complexity index is 735. The maximum Gasteiger partial charge on any atom is 0.252 e. The lowest BCUT2D eigenvalue weighted by molar-refractivity contribution is 0.0954. The number of benzene rings is 1. The molecule has 3 N–H and O–H groups in total. The van der Waals surface area contributed by atoms with Crippen molar-refractivity contribution in [2.24, 2.45) is 4.99 Å². The zero-order valence-electron chi connectivity index (χ0n) is 17.4. The van der Waals surface area contributed by atoms with Crippen LogP contribution in [0.5, 0.6) is 0 Å². The van der Waals surface area contributed by atoms with Gasteiger partial charge in [0.2, 0.25) is 0 Å². The average Bonchev–Trinajstić information content (AvgIpc) is 2.77. The third-order valence-electron chi connectivity index (χ3n) is 4.33. The highest BCUT2D eigenvalue weighted by atomic mass is 16.1. The van der Waals surface area contributed by atoms with Crippen LogP contribution in [0.2, 0.25) is 0 Å². The standard InChI is InChI=1S/C22H32N6O/c1-3-24-22(27-16-15-25-21(29)19-10-8-13-23-18-19)26-14-9-17-28(4-2)20-11-6-5-7-12-20/h5-8,10-13,18H,3-4,9,14-17H2,1-2H3,(H,25,29)(H2,24,26,27). The van der Waals surface area contributed by atoms with Crippen LogP contribution in [0.1, 0.15) is 30.6 Å². The van der Waals surface area contributed by atoms with Crippen LogP contribution < -0.4 is 20.9 Å². The molecule has 0 bridgehead atoms. The smallest absolute Gasteiger partial charge is 0.252 e. The second kappa shape index (κ2) is 13.1. The Hall–Kier alpha value is -3.09. The number of nitrogens with zero attached hydrogens (tertiary/aromatic N) is 3. The highest BCUT2D eigenvalue weighted by Gasteiger charge is 2.05. The van der Waals surface area contributed by atoms with Gasteiger partial charge in [0.15, 0.2) is 5.96 Å². The van der Waals surface area contributed by atoms with E-state index >= 15 is 0 Å². The number of para-hydroxylation sites is 1. The maximum absolute atomic E-state index is 12.0. The number of nitrogens with one attached hydrogen (secondary N) is 3. The minimum atomic E-state index is -0.123. The third kappa shape index (κ3) is 8.21. The van der Waals surface area contributed by atoms with Crippen molar-refractivity contribution in [1.82, 2.24) is 20.9 Å². The number of hydrogen-bond acceptors (Lipinski definition) is 4. The van der Waals surface area contributed by atoms with Crippen LogP contribution in [0, 0.1) is 0 Å². The van der Waals surface area contributed by atoms with Crippen molar-refractivity contribution in [3.8, 4) is 0 Å². The van der Waals surface area contributed by atoms with E-state index in [1.54, 1.807) is 24.5 Å². The van der Waals surface area contributed by atoms with Crippen molar-refractivity contribution >= 4 is 17.6 Å². The number of rotatable bonds is 11. The molecule has 156 valence electrons. The van der Waals surface area contributed by atoms with Crippen LogP contribution in [-0.4, -0.2) is 56.1 Å². The molecule has 0 saturated carbocycles. The Kier molecular flexibility index (Phi) is 10.1. The Morgan fingerprint density at radius 2 is 1.83 bits per heavy atom. The summed E-state index contributed by atoms with van der Waals surface area (Å²) in [5, 5.41) is 9.37. The highest BCUT2D eigenvalue weighted by molar-refractivity contribution is 5.93.